The van der Waals surface area contributed by atoms with Crippen LogP contribution in [0.15, 0.2) is 60.1 Å². The van der Waals surface area contributed by atoms with E-state index in [1.807, 2.05) is 24.3 Å². The third kappa shape index (κ3) is 3.97. The largest absolute Gasteiger partial charge is 0.447 e. The molecule has 2 aromatic carbocycles. The smallest absolute Gasteiger partial charge is 0.251 e. The molecule has 1 N–H and O–H groups in total. The highest BCUT2D eigenvalue weighted by atomic mass is 32.1. The van der Waals surface area contributed by atoms with Crippen LogP contribution in [0, 0.1) is 11.3 Å². The maximum atomic E-state index is 12.4. The van der Waals surface area contributed by atoms with Crippen LogP contribution in [0.4, 0.5) is 0 Å². The highest BCUT2D eigenvalue weighted by Gasteiger charge is 2.09. The number of carbonyl (C=O) groups excluding carboxylic acids is 1. The van der Waals surface area contributed by atoms with Gasteiger partial charge in [-0.1, -0.05) is 6.07 Å². The topological polar surface area (TPSA) is 75.0 Å². The monoisotopic (exact) mass is 391 g/mol. The number of hydrogen-bond donors (Lipinski definition) is 1. The van der Waals surface area contributed by atoms with Crippen molar-refractivity contribution in [3.05, 3.63) is 76.1 Å². The van der Waals surface area contributed by atoms with Crippen LogP contribution in [0.2, 0.25) is 0 Å². The van der Waals surface area contributed by atoms with Gasteiger partial charge in [0, 0.05) is 10.4 Å². The summed E-state index contributed by atoms with van der Waals surface area (Å²) in [5.74, 6) is 0.493. The summed E-state index contributed by atoms with van der Waals surface area (Å²) in [6.45, 7) is 0.422. The summed E-state index contributed by atoms with van der Waals surface area (Å²) >= 11 is 2.97. The number of fused-ring (bicyclic) bond motifs is 1. The fourth-order valence-corrected chi connectivity index (χ4v) is 4.05. The van der Waals surface area contributed by atoms with E-state index < -0.39 is 0 Å². The second-order valence-electron chi connectivity index (χ2n) is 5.68. The third-order valence-electron chi connectivity index (χ3n) is 3.84. The Hall–Kier alpha value is -3.21. The molecule has 4 aromatic rings. The van der Waals surface area contributed by atoms with E-state index in [9.17, 15) is 4.79 Å². The van der Waals surface area contributed by atoms with Crippen molar-refractivity contribution >= 4 is 38.8 Å². The molecule has 2 heterocycles. The number of ether oxygens (including phenoxy) is 1. The highest BCUT2D eigenvalue weighted by molar-refractivity contribution is 7.16. The first-order valence-corrected chi connectivity index (χ1v) is 9.79. The van der Waals surface area contributed by atoms with Gasteiger partial charge in [-0.2, -0.15) is 5.26 Å². The van der Waals surface area contributed by atoms with E-state index in [-0.39, 0.29) is 5.91 Å². The van der Waals surface area contributed by atoms with E-state index in [4.69, 9.17) is 10.00 Å². The van der Waals surface area contributed by atoms with E-state index in [1.54, 1.807) is 35.8 Å². The predicted molar refractivity (Wildman–Crippen MR) is 106 cm³/mol. The molecule has 0 aliphatic rings. The van der Waals surface area contributed by atoms with Crippen LogP contribution in [0.25, 0.3) is 10.2 Å². The van der Waals surface area contributed by atoms with Crippen LogP contribution in [0.3, 0.4) is 0 Å². The number of rotatable bonds is 5. The zero-order valence-electron chi connectivity index (χ0n) is 14.0. The van der Waals surface area contributed by atoms with Crippen LogP contribution < -0.4 is 10.1 Å². The van der Waals surface area contributed by atoms with Gasteiger partial charge >= 0.3 is 0 Å². The molecule has 27 heavy (non-hydrogen) atoms. The van der Waals surface area contributed by atoms with Gasteiger partial charge in [0.15, 0.2) is 5.06 Å². The second-order valence-corrected chi connectivity index (χ2v) is 7.70. The van der Waals surface area contributed by atoms with Crippen molar-refractivity contribution in [1.82, 2.24) is 10.3 Å². The van der Waals surface area contributed by atoms with Crippen LogP contribution in [0.1, 0.15) is 20.8 Å². The van der Waals surface area contributed by atoms with E-state index in [2.05, 4.69) is 16.4 Å². The maximum Gasteiger partial charge on any atom is 0.251 e. The molecule has 0 unspecified atom stereocenters. The Labute approximate surface area is 163 Å². The Morgan fingerprint density at radius 1 is 1.19 bits per heavy atom. The van der Waals surface area contributed by atoms with Crippen LogP contribution in [0.5, 0.6) is 10.8 Å². The lowest BCUT2D eigenvalue weighted by Gasteiger charge is -2.04. The first-order valence-electron chi connectivity index (χ1n) is 8.09. The zero-order chi connectivity index (χ0) is 18.6. The average molecular weight is 391 g/mol. The molecular formula is C20H13N3O2S2. The Bertz CT molecular complexity index is 1160. The Morgan fingerprint density at radius 3 is 3.00 bits per heavy atom. The van der Waals surface area contributed by atoms with Gasteiger partial charge in [-0.3, -0.25) is 4.79 Å². The van der Waals surface area contributed by atoms with Crippen molar-refractivity contribution in [2.75, 3.05) is 0 Å². The number of thiophene rings is 1. The number of hydrogen-bond acceptors (Lipinski definition) is 6. The lowest BCUT2D eigenvalue weighted by molar-refractivity contribution is 0.0951. The van der Waals surface area contributed by atoms with E-state index in [0.717, 1.165) is 15.1 Å². The number of aromatic nitrogens is 1. The summed E-state index contributed by atoms with van der Waals surface area (Å²) in [5, 5.41) is 12.6. The minimum atomic E-state index is -0.122. The molecule has 0 aliphatic heterocycles. The molecule has 0 radical (unpaired) electrons. The zero-order valence-corrected chi connectivity index (χ0v) is 15.6. The van der Waals surface area contributed by atoms with Crippen molar-refractivity contribution < 1.29 is 9.53 Å². The van der Waals surface area contributed by atoms with Crippen molar-refractivity contribution in [3.8, 4) is 16.9 Å². The Kier molecular flexibility index (Phi) is 4.83. The van der Waals surface area contributed by atoms with Gasteiger partial charge < -0.3 is 10.1 Å². The SMILES string of the molecule is N#Cc1cccc(Oc2ccc(CNC(=O)c3ccc4ncsc4c3)s2)c1. The summed E-state index contributed by atoms with van der Waals surface area (Å²) in [7, 11) is 0. The summed E-state index contributed by atoms with van der Waals surface area (Å²) in [6.07, 6.45) is 0. The molecule has 7 heteroatoms. The fraction of sp³-hybridized carbons (Fsp3) is 0.0500. The van der Waals surface area contributed by atoms with Gasteiger partial charge in [-0.25, -0.2) is 4.98 Å². The normalized spacial score (nSPS) is 10.5. The number of nitrogens with one attached hydrogen (secondary N) is 1. The summed E-state index contributed by atoms with van der Waals surface area (Å²) in [4.78, 5) is 17.6. The average Bonchev–Trinajstić information content (AvgIpc) is 3.34. The molecule has 5 nitrogen and oxygen atoms in total. The number of nitrogens with zero attached hydrogens (tertiary/aromatic N) is 2. The first-order chi connectivity index (χ1) is 13.2. The van der Waals surface area contributed by atoms with Crippen molar-refractivity contribution in [2.24, 2.45) is 0 Å². The standard InChI is InChI=1S/C20H13N3O2S2/c21-10-13-2-1-3-15(8-13)25-19-7-5-16(27-19)11-22-20(24)14-4-6-17-18(9-14)26-12-23-17/h1-9,12H,11H2,(H,22,24). The molecule has 0 bridgehead atoms. The second kappa shape index (κ2) is 7.58. The molecule has 4 rings (SSSR count). The van der Waals surface area contributed by atoms with Gasteiger partial charge in [0.05, 0.1) is 33.9 Å². The number of amides is 1. The molecule has 0 fully saturated rings. The number of thiazole rings is 1. The van der Waals surface area contributed by atoms with Crippen molar-refractivity contribution in [3.63, 3.8) is 0 Å². The molecule has 2 aromatic heterocycles. The molecular weight excluding hydrogens is 378 g/mol. The molecule has 1 amide bonds. The summed E-state index contributed by atoms with van der Waals surface area (Å²) < 4.78 is 6.78. The lowest BCUT2D eigenvalue weighted by Crippen LogP contribution is -2.22. The Morgan fingerprint density at radius 2 is 2.11 bits per heavy atom. The number of carbonyl (C=O) groups is 1. The number of nitriles is 1. The van der Waals surface area contributed by atoms with Crippen molar-refractivity contribution in [2.45, 2.75) is 6.54 Å². The minimum Gasteiger partial charge on any atom is -0.447 e. The molecule has 0 atom stereocenters. The third-order valence-corrected chi connectivity index (χ3v) is 5.59. The fourth-order valence-electron chi connectivity index (χ4n) is 2.52. The van der Waals surface area contributed by atoms with Gasteiger partial charge in [-0.05, 0) is 48.5 Å². The summed E-state index contributed by atoms with van der Waals surface area (Å²) in [5.41, 5.74) is 3.84. The Balaban J connectivity index is 1.38. The van der Waals surface area contributed by atoms with Crippen LogP contribution >= 0.6 is 22.7 Å². The highest BCUT2D eigenvalue weighted by Crippen LogP contribution is 2.30. The van der Waals surface area contributed by atoms with E-state index in [0.29, 0.717) is 28.5 Å². The van der Waals surface area contributed by atoms with Gasteiger partial charge in [0.25, 0.3) is 5.91 Å². The number of benzene rings is 2. The first kappa shape index (κ1) is 17.2. The van der Waals surface area contributed by atoms with Gasteiger partial charge in [0.1, 0.15) is 5.75 Å². The van der Waals surface area contributed by atoms with E-state index >= 15 is 0 Å². The molecule has 0 spiro atoms. The molecule has 0 saturated heterocycles. The minimum absolute atomic E-state index is 0.122. The van der Waals surface area contributed by atoms with Crippen LogP contribution in [-0.4, -0.2) is 10.9 Å². The molecule has 132 valence electrons. The summed E-state index contributed by atoms with van der Waals surface area (Å²) in [6, 6.07) is 18.4. The van der Waals surface area contributed by atoms with E-state index in [1.165, 1.54) is 22.7 Å². The quantitative estimate of drug-likeness (QED) is 0.522. The van der Waals surface area contributed by atoms with Crippen molar-refractivity contribution in [1.29, 1.82) is 5.26 Å². The molecule has 0 aliphatic carbocycles. The van der Waals surface area contributed by atoms with Crippen LogP contribution in [-0.2, 0) is 6.54 Å². The molecule has 0 saturated carbocycles. The van der Waals surface area contributed by atoms with Gasteiger partial charge in [0.2, 0.25) is 0 Å². The maximum absolute atomic E-state index is 12.4. The van der Waals surface area contributed by atoms with Gasteiger partial charge in [-0.15, -0.1) is 22.7 Å². The predicted octanol–water partition coefficient (Wildman–Crippen LogP) is 4.95. The lowest BCUT2D eigenvalue weighted by atomic mass is 10.2.